The molecule has 0 fully saturated rings. The molecule has 20 heavy (non-hydrogen) atoms. The van der Waals surface area contributed by atoms with Crippen molar-refractivity contribution < 1.29 is 4.39 Å². The van der Waals surface area contributed by atoms with E-state index in [-0.39, 0.29) is 5.82 Å². The van der Waals surface area contributed by atoms with Gasteiger partial charge in [0, 0.05) is 22.0 Å². The first-order valence-electron chi connectivity index (χ1n) is 6.75. The first kappa shape index (κ1) is 15.5. The fraction of sp³-hybridized carbons (Fsp3) is 0.400. The highest BCUT2D eigenvalue weighted by Gasteiger charge is 2.09. The van der Waals surface area contributed by atoms with Gasteiger partial charge in [-0.2, -0.15) is 0 Å². The number of aromatic nitrogens is 1. The average Bonchev–Trinajstić information content (AvgIpc) is 2.93. The molecule has 5 heteroatoms. The molecule has 2 rings (SSSR count). The van der Waals surface area contributed by atoms with Gasteiger partial charge in [-0.05, 0) is 44.2 Å². The van der Waals surface area contributed by atoms with Gasteiger partial charge < -0.3 is 5.32 Å². The molecule has 0 saturated carbocycles. The normalized spacial score (nSPS) is 12.6. The Balaban J connectivity index is 1.87. The van der Waals surface area contributed by atoms with Crippen molar-refractivity contribution in [3.63, 3.8) is 0 Å². The quantitative estimate of drug-likeness (QED) is 0.754. The Morgan fingerprint density at radius 1 is 1.35 bits per heavy atom. The second-order valence-corrected chi connectivity index (χ2v) is 6.77. The Hall–Kier alpha value is -0.910. The molecule has 1 aromatic heterocycles. The van der Waals surface area contributed by atoms with E-state index in [1.54, 1.807) is 35.2 Å². The Morgan fingerprint density at radius 3 is 2.80 bits per heavy atom. The lowest BCUT2D eigenvalue weighted by atomic mass is 10.3. The second kappa shape index (κ2) is 7.76. The van der Waals surface area contributed by atoms with E-state index in [1.807, 2.05) is 6.20 Å². The van der Waals surface area contributed by atoms with Crippen molar-refractivity contribution in [2.24, 2.45) is 0 Å². The fourth-order valence-corrected chi connectivity index (χ4v) is 3.58. The number of rotatable bonds is 7. The molecule has 0 spiro atoms. The fourth-order valence-electron chi connectivity index (χ4n) is 1.73. The smallest absolute Gasteiger partial charge is 0.123 e. The van der Waals surface area contributed by atoms with Crippen molar-refractivity contribution in [2.75, 3.05) is 6.54 Å². The van der Waals surface area contributed by atoms with Crippen LogP contribution in [0.4, 0.5) is 4.39 Å². The van der Waals surface area contributed by atoms with Gasteiger partial charge in [0.15, 0.2) is 0 Å². The minimum absolute atomic E-state index is 0.193. The summed E-state index contributed by atoms with van der Waals surface area (Å²) in [6, 6.07) is 6.95. The van der Waals surface area contributed by atoms with Crippen molar-refractivity contribution in [3.05, 3.63) is 46.2 Å². The van der Waals surface area contributed by atoms with Gasteiger partial charge >= 0.3 is 0 Å². The number of hydrogen-bond donors (Lipinski definition) is 1. The second-order valence-electron chi connectivity index (χ2n) is 4.57. The molecule has 1 unspecified atom stereocenters. The molecule has 2 aromatic rings. The predicted molar refractivity (Wildman–Crippen MR) is 84.8 cm³/mol. The molecule has 1 aromatic carbocycles. The standard InChI is InChI=1S/C15H19FN2S2/c1-3-8-17-11(2)14-9-18-15(20-14)10-19-13-6-4-12(16)5-7-13/h4-7,9,11,17H,3,8,10H2,1-2H3. The summed E-state index contributed by atoms with van der Waals surface area (Å²) in [5, 5.41) is 4.57. The zero-order valence-corrected chi connectivity index (χ0v) is 13.4. The molecule has 0 saturated heterocycles. The first-order chi connectivity index (χ1) is 9.69. The van der Waals surface area contributed by atoms with Crippen molar-refractivity contribution in [1.29, 1.82) is 0 Å². The number of nitrogens with one attached hydrogen (secondary N) is 1. The van der Waals surface area contributed by atoms with Crippen LogP contribution in [0.1, 0.15) is 36.2 Å². The molecule has 0 aliphatic carbocycles. The SMILES string of the molecule is CCCNC(C)c1cnc(CSc2ccc(F)cc2)s1. The van der Waals surface area contributed by atoms with Crippen molar-refractivity contribution in [1.82, 2.24) is 10.3 Å². The number of hydrogen-bond acceptors (Lipinski definition) is 4. The maximum absolute atomic E-state index is 12.8. The number of thiazole rings is 1. The summed E-state index contributed by atoms with van der Waals surface area (Å²) in [5.74, 6) is 0.637. The maximum Gasteiger partial charge on any atom is 0.123 e. The Kier molecular flexibility index (Phi) is 6.01. The van der Waals surface area contributed by atoms with Crippen molar-refractivity contribution >= 4 is 23.1 Å². The highest BCUT2D eigenvalue weighted by molar-refractivity contribution is 7.98. The summed E-state index contributed by atoms with van der Waals surface area (Å²) in [7, 11) is 0. The third kappa shape index (κ3) is 4.58. The summed E-state index contributed by atoms with van der Waals surface area (Å²) in [6.45, 7) is 5.36. The zero-order chi connectivity index (χ0) is 14.4. The van der Waals surface area contributed by atoms with Gasteiger partial charge in [-0.3, -0.25) is 0 Å². The number of benzene rings is 1. The van der Waals surface area contributed by atoms with E-state index in [1.165, 1.54) is 17.0 Å². The van der Waals surface area contributed by atoms with E-state index in [0.717, 1.165) is 28.6 Å². The molecule has 0 aliphatic rings. The summed E-state index contributed by atoms with van der Waals surface area (Å²) in [5.41, 5.74) is 0. The molecule has 2 nitrogen and oxygen atoms in total. The van der Waals surface area contributed by atoms with Crippen LogP contribution >= 0.6 is 23.1 Å². The molecule has 108 valence electrons. The zero-order valence-electron chi connectivity index (χ0n) is 11.7. The number of halogens is 1. The van der Waals surface area contributed by atoms with Gasteiger partial charge in [0.05, 0.1) is 5.75 Å². The monoisotopic (exact) mass is 310 g/mol. The van der Waals surface area contributed by atoms with Crippen molar-refractivity contribution in [3.8, 4) is 0 Å². The minimum Gasteiger partial charge on any atom is -0.309 e. The first-order valence-corrected chi connectivity index (χ1v) is 8.55. The van der Waals surface area contributed by atoms with Crippen LogP contribution in [0.2, 0.25) is 0 Å². The number of nitrogens with zero attached hydrogens (tertiary/aromatic N) is 1. The Morgan fingerprint density at radius 2 is 2.10 bits per heavy atom. The van der Waals surface area contributed by atoms with E-state index in [9.17, 15) is 4.39 Å². The topological polar surface area (TPSA) is 24.9 Å². The Bertz CT molecular complexity index is 525. The summed E-state index contributed by atoms with van der Waals surface area (Å²) >= 11 is 3.43. The van der Waals surface area contributed by atoms with Crippen LogP contribution in [-0.4, -0.2) is 11.5 Å². The third-order valence-electron chi connectivity index (χ3n) is 2.87. The van der Waals surface area contributed by atoms with Gasteiger partial charge in [-0.25, -0.2) is 9.37 Å². The highest BCUT2D eigenvalue weighted by Crippen LogP contribution is 2.27. The summed E-state index contributed by atoms with van der Waals surface area (Å²) < 4.78 is 12.8. The van der Waals surface area contributed by atoms with E-state index >= 15 is 0 Å². The van der Waals surface area contributed by atoms with Crippen LogP contribution in [0.3, 0.4) is 0 Å². The van der Waals surface area contributed by atoms with Crippen molar-refractivity contribution in [2.45, 2.75) is 37.0 Å². The van der Waals surface area contributed by atoms with Gasteiger partial charge in [0.1, 0.15) is 10.8 Å². The van der Waals surface area contributed by atoms with Crippen LogP contribution in [0, 0.1) is 5.82 Å². The minimum atomic E-state index is -0.193. The lowest BCUT2D eigenvalue weighted by Gasteiger charge is -2.09. The largest absolute Gasteiger partial charge is 0.309 e. The van der Waals surface area contributed by atoms with Crippen LogP contribution in [0.15, 0.2) is 35.4 Å². The lowest BCUT2D eigenvalue weighted by molar-refractivity contribution is 0.577. The van der Waals surface area contributed by atoms with Gasteiger partial charge in [0.25, 0.3) is 0 Å². The van der Waals surface area contributed by atoms with E-state index < -0.39 is 0 Å². The molecule has 0 amide bonds. The van der Waals surface area contributed by atoms with Gasteiger partial charge in [-0.15, -0.1) is 23.1 Å². The summed E-state index contributed by atoms with van der Waals surface area (Å²) in [6.07, 6.45) is 3.09. The van der Waals surface area contributed by atoms with Crippen LogP contribution in [-0.2, 0) is 5.75 Å². The molecule has 1 N–H and O–H groups in total. The maximum atomic E-state index is 12.8. The van der Waals surface area contributed by atoms with Gasteiger partial charge in [0.2, 0.25) is 0 Å². The molecule has 0 aliphatic heterocycles. The van der Waals surface area contributed by atoms with E-state index in [2.05, 4.69) is 24.1 Å². The van der Waals surface area contributed by atoms with Crippen LogP contribution in [0.25, 0.3) is 0 Å². The third-order valence-corrected chi connectivity index (χ3v) is 5.26. The van der Waals surface area contributed by atoms with Crippen LogP contribution < -0.4 is 5.32 Å². The molecule has 1 heterocycles. The number of thioether (sulfide) groups is 1. The molecule has 0 radical (unpaired) electrons. The van der Waals surface area contributed by atoms with E-state index in [4.69, 9.17) is 0 Å². The summed E-state index contributed by atoms with van der Waals surface area (Å²) in [4.78, 5) is 6.80. The predicted octanol–water partition coefficient (Wildman–Crippen LogP) is 4.64. The average molecular weight is 310 g/mol. The molecular formula is C15H19FN2S2. The Labute approximate surface area is 127 Å². The van der Waals surface area contributed by atoms with E-state index in [0.29, 0.717) is 6.04 Å². The lowest BCUT2D eigenvalue weighted by Crippen LogP contribution is -2.18. The van der Waals surface area contributed by atoms with Crippen LogP contribution in [0.5, 0.6) is 0 Å². The molecular weight excluding hydrogens is 291 g/mol. The molecule has 0 bridgehead atoms. The van der Waals surface area contributed by atoms with Gasteiger partial charge in [-0.1, -0.05) is 6.92 Å². The molecule has 1 atom stereocenters. The highest BCUT2D eigenvalue weighted by atomic mass is 32.2.